The first-order valence-electron chi connectivity index (χ1n) is 6.42. The van der Waals surface area contributed by atoms with Crippen molar-refractivity contribution in [1.82, 2.24) is 25.5 Å². The molecule has 0 fully saturated rings. The monoisotopic (exact) mass is 261 g/mol. The number of aryl methyl sites for hydroxylation is 2. The van der Waals surface area contributed by atoms with Crippen molar-refractivity contribution in [3.63, 3.8) is 0 Å². The lowest BCUT2D eigenvalue weighted by atomic mass is 10.2. The third-order valence-electron chi connectivity index (χ3n) is 2.68. The van der Waals surface area contributed by atoms with Crippen LogP contribution in [0.1, 0.15) is 30.3 Å². The van der Waals surface area contributed by atoms with E-state index >= 15 is 0 Å². The molecule has 0 amide bonds. The Balaban J connectivity index is 2.01. The van der Waals surface area contributed by atoms with E-state index < -0.39 is 0 Å². The summed E-state index contributed by atoms with van der Waals surface area (Å²) in [5.74, 6) is 0.480. The molecular weight excluding hydrogens is 242 g/mol. The maximum Gasteiger partial charge on any atom is 0.323 e. The molecule has 102 valence electrons. The number of aromatic amines is 1. The normalized spacial score (nSPS) is 10.7. The Hall–Kier alpha value is -1.95. The van der Waals surface area contributed by atoms with Gasteiger partial charge in [0.1, 0.15) is 0 Å². The zero-order valence-electron chi connectivity index (χ0n) is 11.5. The van der Waals surface area contributed by atoms with Crippen molar-refractivity contribution in [2.75, 3.05) is 6.54 Å². The van der Waals surface area contributed by atoms with E-state index in [1.165, 1.54) is 0 Å². The molecule has 2 aromatic heterocycles. The largest absolute Gasteiger partial charge is 0.404 e. The van der Waals surface area contributed by atoms with Crippen LogP contribution in [0.15, 0.2) is 12.3 Å². The number of hydrogen-bond acceptors (Lipinski definition) is 5. The van der Waals surface area contributed by atoms with Crippen molar-refractivity contribution in [3.8, 4) is 11.9 Å². The topological polar surface area (TPSA) is 75.7 Å². The molecule has 19 heavy (non-hydrogen) atoms. The number of nitrogens with zero attached hydrogens (tertiary/aromatic N) is 3. The first-order valence-corrected chi connectivity index (χ1v) is 6.42. The summed E-state index contributed by atoms with van der Waals surface area (Å²) in [6.07, 6.45) is 2.90. The van der Waals surface area contributed by atoms with Crippen molar-refractivity contribution in [2.45, 2.75) is 33.7 Å². The first-order chi connectivity index (χ1) is 9.19. The molecule has 0 aromatic carbocycles. The van der Waals surface area contributed by atoms with Gasteiger partial charge in [0.15, 0.2) is 0 Å². The minimum Gasteiger partial charge on any atom is -0.404 e. The number of H-pyrrole nitrogens is 1. The zero-order valence-corrected chi connectivity index (χ0v) is 11.5. The van der Waals surface area contributed by atoms with E-state index in [2.05, 4.69) is 32.4 Å². The van der Waals surface area contributed by atoms with Crippen LogP contribution in [0.2, 0.25) is 0 Å². The predicted octanol–water partition coefficient (Wildman–Crippen LogP) is 2.11. The molecule has 0 unspecified atom stereocenters. The van der Waals surface area contributed by atoms with Crippen molar-refractivity contribution < 1.29 is 4.74 Å². The summed E-state index contributed by atoms with van der Waals surface area (Å²) in [5.41, 5.74) is 2.94. The summed E-state index contributed by atoms with van der Waals surface area (Å²) >= 11 is 0. The van der Waals surface area contributed by atoms with E-state index in [1.54, 1.807) is 12.3 Å². The molecule has 0 aliphatic rings. The average molecular weight is 261 g/mol. The van der Waals surface area contributed by atoms with Crippen LogP contribution in [-0.2, 0) is 6.54 Å². The minimum absolute atomic E-state index is 0.322. The summed E-state index contributed by atoms with van der Waals surface area (Å²) in [5, 5.41) is 10.1. The van der Waals surface area contributed by atoms with Crippen LogP contribution in [0.3, 0.4) is 0 Å². The van der Waals surface area contributed by atoms with Gasteiger partial charge in [-0.2, -0.15) is 4.98 Å². The molecule has 0 radical (unpaired) electrons. The van der Waals surface area contributed by atoms with Crippen LogP contribution >= 0.6 is 0 Å². The molecule has 6 nitrogen and oxygen atoms in total. The van der Waals surface area contributed by atoms with Gasteiger partial charge in [-0.05, 0) is 26.8 Å². The quantitative estimate of drug-likeness (QED) is 0.779. The van der Waals surface area contributed by atoms with E-state index in [4.69, 9.17) is 4.74 Å². The molecule has 0 spiro atoms. The number of hydrogen-bond donors (Lipinski definition) is 2. The summed E-state index contributed by atoms with van der Waals surface area (Å²) in [6, 6.07) is 2.12. The molecule has 0 saturated heterocycles. The molecule has 2 aromatic rings. The lowest BCUT2D eigenvalue weighted by molar-refractivity contribution is 0.421. The lowest BCUT2D eigenvalue weighted by Crippen LogP contribution is -2.15. The van der Waals surface area contributed by atoms with Crippen LogP contribution in [-0.4, -0.2) is 26.7 Å². The Labute approximate surface area is 112 Å². The number of ether oxygens (including phenoxy) is 1. The second-order valence-electron chi connectivity index (χ2n) is 4.43. The number of rotatable bonds is 6. The molecule has 0 saturated carbocycles. The number of aromatic nitrogens is 4. The Kier molecular flexibility index (Phi) is 4.46. The fraction of sp³-hybridized carbons (Fsp3) is 0.462. The third kappa shape index (κ3) is 3.75. The maximum absolute atomic E-state index is 5.48. The maximum atomic E-state index is 5.48. The molecule has 0 bridgehead atoms. The fourth-order valence-electron chi connectivity index (χ4n) is 1.63. The minimum atomic E-state index is 0.322. The molecule has 0 aliphatic carbocycles. The standard InChI is InChI=1S/C13H19N5O/c1-4-5-14-7-11-8-15-13(16-10(11)3)19-12-6-9(2)17-18-12/h6,8,14H,4-5,7H2,1-3H3,(H,17,18). The van der Waals surface area contributed by atoms with Gasteiger partial charge in [0.05, 0.1) is 0 Å². The van der Waals surface area contributed by atoms with Crippen LogP contribution in [0, 0.1) is 13.8 Å². The summed E-state index contributed by atoms with van der Waals surface area (Å²) in [6.45, 7) is 7.77. The average Bonchev–Trinajstić information content (AvgIpc) is 2.78. The summed E-state index contributed by atoms with van der Waals surface area (Å²) in [4.78, 5) is 8.52. The van der Waals surface area contributed by atoms with Gasteiger partial charge in [-0.3, -0.25) is 5.10 Å². The van der Waals surface area contributed by atoms with Crippen molar-refractivity contribution >= 4 is 0 Å². The highest BCUT2D eigenvalue weighted by Crippen LogP contribution is 2.16. The highest BCUT2D eigenvalue weighted by Gasteiger charge is 2.06. The number of nitrogens with one attached hydrogen (secondary N) is 2. The zero-order chi connectivity index (χ0) is 13.7. The molecule has 2 heterocycles. The van der Waals surface area contributed by atoms with Crippen LogP contribution in [0.4, 0.5) is 0 Å². The Morgan fingerprint density at radius 2 is 2.21 bits per heavy atom. The van der Waals surface area contributed by atoms with Crippen LogP contribution < -0.4 is 10.1 Å². The molecule has 2 rings (SSSR count). The van der Waals surface area contributed by atoms with Gasteiger partial charge in [0.2, 0.25) is 5.88 Å². The van der Waals surface area contributed by atoms with E-state index in [0.29, 0.717) is 11.9 Å². The highest BCUT2D eigenvalue weighted by atomic mass is 16.5. The van der Waals surface area contributed by atoms with Gasteiger partial charge < -0.3 is 10.1 Å². The second kappa shape index (κ2) is 6.29. The molecule has 2 N–H and O–H groups in total. The van der Waals surface area contributed by atoms with Crippen molar-refractivity contribution in [2.24, 2.45) is 0 Å². The van der Waals surface area contributed by atoms with E-state index in [0.717, 1.165) is 36.5 Å². The molecule has 6 heteroatoms. The van der Waals surface area contributed by atoms with Gasteiger partial charge in [-0.15, -0.1) is 5.10 Å². The van der Waals surface area contributed by atoms with E-state index in [-0.39, 0.29) is 0 Å². The fourth-order valence-corrected chi connectivity index (χ4v) is 1.63. The summed E-state index contributed by atoms with van der Waals surface area (Å²) < 4.78 is 5.48. The van der Waals surface area contributed by atoms with Gasteiger partial charge >= 0.3 is 6.01 Å². The Morgan fingerprint density at radius 3 is 2.84 bits per heavy atom. The molecule has 0 atom stereocenters. The van der Waals surface area contributed by atoms with Gasteiger partial charge in [-0.1, -0.05) is 6.92 Å². The summed E-state index contributed by atoms with van der Waals surface area (Å²) in [7, 11) is 0. The Morgan fingerprint density at radius 1 is 1.37 bits per heavy atom. The van der Waals surface area contributed by atoms with Crippen LogP contribution in [0.25, 0.3) is 0 Å². The molecule has 0 aliphatic heterocycles. The van der Waals surface area contributed by atoms with Gasteiger partial charge in [0.25, 0.3) is 0 Å². The predicted molar refractivity (Wildman–Crippen MR) is 72.2 cm³/mol. The second-order valence-corrected chi connectivity index (χ2v) is 4.43. The third-order valence-corrected chi connectivity index (χ3v) is 2.68. The van der Waals surface area contributed by atoms with E-state index in [1.807, 2.05) is 13.8 Å². The Bertz CT molecular complexity index is 538. The molecular formula is C13H19N5O. The smallest absolute Gasteiger partial charge is 0.323 e. The van der Waals surface area contributed by atoms with Gasteiger partial charge in [0, 0.05) is 35.8 Å². The van der Waals surface area contributed by atoms with Crippen LogP contribution in [0.5, 0.6) is 11.9 Å². The SMILES string of the molecule is CCCNCc1cnc(Oc2cc(C)[nH]n2)nc1C. The van der Waals surface area contributed by atoms with Crippen molar-refractivity contribution in [1.29, 1.82) is 0 Å². The lowest BCUT2D eigenvalue weighted by Gasteiger charge is -2.07. The highest BCUT2D eigenvalue weighted by molar-refractivity contribution is 5.21. The first kappa shape index (κ1) is 13.5. The van der Waals surface area contributed by atoms with Crippen molar-refractivity contribution in [3.05, 3.63) is 29.2 Å². The van der Waals surface area contributed by atoms with Gasteiger partial charge in [-0.25, -0.2) is 4.98 Å². The van der Waals surface area contributed by atoms with E-state index in [9.17, 15) is 0 Å².